The number of hydrogen-bond acceptors (Lipinski definition) is 9. The Hall–Kier alpha value is -3.95. The Labute approximate surface area is 158 Å². The zero-order valence-electron chi connectivity index (χ0n) is 15.2. The van der Waals surface area contributed by atoms with Crippen LogP contribution in [0.5, 0.6) is 11.6 Å². The van der Waals surface area contributed by atoms with Crippen LogP contribution in [0.4, 0.5) is 5.69 Å². The van der Waals surface area contributed by atoms with Gasteiger partial charge in [-0.15, -0.1) is 5.10 Å². The predicted octanol–water partition coefficient (Wildman–Crippen LogP) is 0.998. The Kier molecular flexibility index (Phi) is 4.15. The molecule has 10 nitrogen and oxygen atoms in total. The van der Waals surface area contributed by atoms with Crippen LogP contribution in [-0.2, 0) is 9.59 Å². The third-order valence-corrected chi connectivity index (χ3v) is 4.08. The Bertz CT molecular complexity index is 1130. The van der Waals surface area contributed by atoms with Gasteiger partial charge in [0.2, 0.25) is 0 Å². The lowest BCUT2D eigenvalue weighted by Gasteiger charge is -2.16. The standard InChI is InChI=1S/C18H15N5O5/c1-22(2)10-4-5-11(13(8-10)26-3)17-20-16-12-9-19-21-18(16)27-14(24)6-7-15(25)28-23(12)17/h4-9H,1-3H3/b7-6+. The van der Waals surface area contributed by atoms with E-state index in [9.17, 15) is 9.59 Å². The first-order valence-corrected chi connectivity index (χ1v) is 8.20. The van der Waals surface area contributed by atoms with Gasteiger partial charge in [0.15, 0.2) is 11.3 Å². The molecule has 3 heterocycles. The third kappa shape index (κ3) is 2.90. The number of aromatic nitrogens is 4. The number of anilines is 1. The fourth-order valence-electron chi connectivity index (χ4n) is 2.73. The molecular formula is C18H15N5O5. The highest BCUT2D eigenvalue weighted by atomic mass is 16.7. The molecule has 1 aliphatic heterocycles. The molecule has 1 aliphatic rings. The SMILES string of the molecule is COc1cc(N(C)C)ccc1-c1nc2c3nncc2n1OC(=O)/C=C/C(=O)O3. The van der Waals surface area contributed by atoms with Crippen molar-refractivity contribution >= 4 is 28.7 Å². The minimum Gasteiger partial charge on any atom is -0.496 e. The lowest BCUT2D eigenvalue weighted by molar-refractivity contribution is -0.138. The van der Waals surface area contributed by atoms with E-state index in [2.05, 4.69) is 15.2 Å². The van der Waals surface area contributed by atoms with Gasteiger partial charge in [-0.1, -0.05) is 0 Å². The minimum atomic E-state index is -0.787. The summed E-state index contributed by atoms with van der Waals surface area (Å²) < 4.78 is 11.9. The Morgan fingerprint density at radius 3 is 2.68 bits per heavy atom. The molecule has 1 aromatic carbocycles. The first-order chi connectivity index (χ1) is 13.5. The summed E-state index contributed by atoms with van der Waals surface area (Å²) in [5, 5.41) is 7.62. The van der Waals surface area contributed by atoms with Gasteiger partial charge in [-0.2, -0.15) is 9.83 Å². The van der Waals surface area contributed by atoms with Gasteiger partial charge in [0.25, 0.3) is 5.88 Å². The predicted molar refractivity (Wildman–Crippen MR) is 98.0 cm³/mol. The van der Waals surface area contributed by atoms with Crippen LogP contribution in [0.15, 0.2) is 36.5 Å². The minimum absolute atomic E-state index is 0.0889. The van der Waals surface area contributed by atoms with Gasteiger partial charge in [0, 0.05) is 38.0 Å². The number of methoxy groups -OCH3 is 1. The molecule has 0 saturated heterocycles. The van der Waals surface area contributed by atoms with Gasteiger partial charge in [-0.05, 0) is 12.1 Å². The molecule has 0 saturated carbocycles. The average molecular weight is 381 g/mol. The Balaban J connectivity index is 1.99. The molecule has 0 spiro atoms. The van der Waals surface area contributed by atoms with Crippen molar-refractivity contribution in [2.24, 2.45) is 0 Å². The molecule has 4 rings (SSSR count). The molecule has 10 heteroatoms. The summed E-state index contributed by atoms with van der Waals surface area (Å²) in [6.07, 6.45) is 3.27. The fourth-order valence-corrected chi connectivity index (χ4v) is 2.73. The number of rotatable bonds is 3. The Morgan fingerprint density at radius 1 is 1.14 bits per heavy atom. The number of carbonyl (C=O) groups is 2. The highest BCUT2D eigenvalue weighted by Gasteiger charge is 2.24. The van der Waals surface area contributed by atoms with Crippen molar-refractivity contribution in [2.75, 3.05) is 26.1 Å². The number of carbonyl (C=O) groups excluding carboxylic acids is 2. The maximum Gasteiger partial charge on any atom is 0.356 e. The molecule has 142 valence electrons. The maximum atomic E-state index is 12.1. The number of nitrogens with zero attached hydrogens (tertiary/aromatic N) is 5. The van der Waals surface area contributed by atoms with Crippen LogP contribution < -0.4 is 19.2 Å². The van der Waals surface area contributed by atoms with Crippen molar-refractivity contribution in [3.05, 3.63) is 36.5 Å². The fraction of sp³-hybridized carbons (Fsp3) is 0.167. The van der Waals surface area contributed by atoms with Gasteiger partial charge in [0.05, 0.1) is 18.9 Å². The van der Waals surface area contributed by atoms with E-state index in [1.807, 2.05) is 31.1 Å². The molecule has 28 heavy (non-hydrogen) atoms. The third-order valence-electron chi connectivity index (χ3n) is 4.08. The van der Waals surface area contributed by atoms with Crippen LogP contribution in [0.25, 0.3) is 22.4 Å². The van der Waals surface area contributed by atoms with Crippen molar-refractivity contribution in [3.8, 4) is 23.0 Å². The van der Waals surface area contributed by atoms with E-state index in [4.69, 9.17) is 14.3 Å². The molecule has 0 N–H and O–H groups in total. The summed E-state index contributed by atoms with van der Waals surface area (Å²) in [5.74, 6) is -0.864. The van der Waals surface area contributed by atoms with E-state index in [-0.39, 0.29) is 17.2 Å². The smallest absolute Gasteiger partial charge is 0.356 e. The highest BCUT2D eigenvalue weighted by molar-refractivity contribution is 5.95. The van der Waals surface area contributed by atoms with Crippen LogP contribution in [0.3, 0.4) is 0 Å². The lowest BCUT2D eigenvalue weighted by atomic mass is 10.1. The van der Waals surface area contributed by atoms with E-state index in [1.54, 1.807) is 6.07 Å². The van der Waals surface area contributed by atoms with Gasteiger partial charge >= 0.3 is 11.9 Å². The number of esters is 1. The number of hydrogen-bond donors (Lipinski definition) is 0. The second-order valence-corrected chi connectivity index (χ2v) is 6.06. The zero-order chi connectivity index (χ0) is 19.8. The summed E-state index contributed by atoms with van der Waals surface area (Å²) in [6, 6.07) is 5.50. The normalized spacial score (nSPS) is 14.5. The largest absolute Gasteiger partial charge is 0.496 e. The second-order valence-electron chi connectivity index (χ2n) is 6.06. The summed E-state index contributed by atoms with van der Waals surface area (Å²) in [4.78, 5) is 35.7. The highest BCUT2D eigenvalue weighted by Crippen LogP contribution is 2.35. The maximum absolute atomic E-state index is 12.1. The molecular weight excluding hydrogens is 366 g/mol. The van der Waals surface area contributed by atoms with E-state index in [0.29, 0.717) is 16.8 Å². The summed E-state index contributed by atoms with van der Waals surface area (Å²) in [7, 11) is 5.35. The monoisotopic (exact) mass is 381 g/mol. The first kappa shape index (κ1) is 17.5. The molecule has 0 amide bonds. The van der Waals surface area contributed by atoms with Crippen molar-refractivity contribution < 1.29 is 23.9 Å². The van der Waals surface area contributed by atoms with E-state index < -0.39 is 11.9 Å². The molecule has 0 unspecified atom stereocenters. The van der Waals surface area contributed by atoms with Crippen molar-refractivity contribution in [3.63, 3.8) is 0 Å². The van der Waals surface area contributed by atoms with Crippen LogP contribution >= 0.6 is 0 Å². The van der Waals surface area contributed by atoms with Crippen molar-refractivity contribution in [1.82, 2.24) is 19.9 Å². The molecule has 0 atom stereocenters. The molecule has 0 radical (unpaired) electrons. The lowest BCUT2D eigenvalue weighted by Crippen LogP contribution is -2.20. The van der Waals surface area contributed by atoms with Crippen LogP contribution in [0.1, 0.15) is 0 Å². The number of ether oxygens (including phenoxy) is 2. The van der Waals surface area contributed by atoms with Gasteiger partial charge in [0.1, 0.15) is 11.3 Å². The quantitative estimate of drug-likeness (QED) is 0.614. The van der Waals surface area contributed by atoms with Crippen molar-refractivity contribution in [1.29, 1.82) is 0 Å². The topological polar surface area (TPSA) is 109 Å². The van der Waals surface area contributed by atoms with Gasteiger partial charge < -0.3 is 19.2 Å². The van der Waals surface area contributed by atoms with Crippen LogP contribution in [-0.4, -0.2) is 53.1 Å². The average Bonchev–Trinajstić information content (AvgIpc) is 3.03. The number of benzene rings is 1. The van der Waals surface area contributed by atoms with Crippen LogP contribution in [0.2, 0.25) is 0 Å². The van der Waals surface area contributed by atoms with E-state index in [0.717, 1.165) is 17.8 Å². The molecule has 0 fully saturated rings. The molecule has 3 aromatic rings. The van der Waals surface area contributed by atoms with E-state index in [1.165, 1.54) is 18.0 Å². The summed E-state index contributed by atoms with van der Waals surface area (Å²) in [6.45, 7) is 0. The van der Waals surface area contributed by atoms with Gasteiger partial charge in [-0.3, -0.25) is 0 Å². The van der Waals surface area contributed by atoms with Crippen molar-refractivity contribution in [2.45, 2.75) is 0 Å². The molecule has 4 bridgehead atoms. The Morgan fingerprint density at radius 2 is 1.93 bits per heavy atom. The zero-order valence-corrected chi connectivity index (χ0v) is 15.2. The number of imidazole rings is 1. The molecule has 0 aliphatic carbocycles. The van der Waals surface area contributed by atoms with E-state index >= 15 is 0 Å². The van der Waals surface area contributed by atoms with Gasteiger partial charge in [-0.25, -0.2) is 14.6 Å². The molecule has 2 aromatic heterocycles. The summed E-state index contributed by atoms with van der Waals surface area (Å²) in [5.41, 5.74) is 2.02. The van der Waals surface area contributed by atoms with Crippen LogP contribution in [0, 0.1) is 0 Å². The first-order valence-electron chi connectivity index (χ1n) is 8.20. The summed E-state index contributed by atoms with van der Waals surface area (Å²) >= 11 is 0. The second kappa shape index (κ2) is 6.65.